The van der Waals surface area contributed by atoms with Crippen molar-refractivity contribution in [2.24, 2.45) is 17.3 Å². The van der Waals surface area contributed by atoms with Crippen molar-refractivity contribution in [1.29, 1.82) is 0 Å². The van der Waals surface area contributed by atoms with Crippen molar-refractivity contribution in [3.05, 3.63) is 0 Å². The van der Waals surface area contributed by atoms with Gasteiger partial charge in [-0.05, 0) is 56.1 Å². The molecule has 0 radical (unpaired) electrons. The molecule has 0 amide bonds. The van der Waals surface area contributed by atoms with Crippen molar-refractivity contribution >= 4 is 0 Å². The molecule has 17 heavy (non-hydrogen) atoms. The highest BCUT2D eigenvalue weighted by molar-refractivity contribution is 4.83. The summed E-state index contributed by atoms with van der Waals surface area (Å²) in [6.07, 6.45) is 3.81. The Kier molecular flexibility index (Phi) is 4.83. The molecule has 3 nitrogen and oxygen atoms in total. The van der Waals surface area contributed by atoms with Crippen LogP contribution in [-0.2, 0) is 4.74 Å². The molecule has 2 heterocycles. The fraction of sp³-hybridized carbons (Fsp3) is 1.00. The van der Waals surface area contributed by atoms with Gasteiger partial charge in [-0.1, -0.05) is 13.8 Å². The van der Waals surface area contributed by atoms with Crippen LogP contribution in [0.25, 0.3) is 0 Å². The topological polar surface area (TPSA) is 33.3 Å². The second-order valence-electron chi connectivity index (χ2n) is 6.36. The molecule has 2 aliphatic rings. The minimum Gasteiger partial charge on any atom is -0.381 e. The highest BCUT2D eigenvalue weighted by Gasteiger charge is 2.30. The average molecular weight is 240 g/mol. The number of ether oxygens (including phenoxy) is 1. The largest absolute Gasteiger partial charge is 0.381 e. The SMILES string of the molecule is CC(C)(CNCC1CCNC1)C1CCOCC1. The van der Waals surface area contributed by atoms with Gasteiger partial charge in [0.15, 0.2) is 0 Å². The van der Waals surface area contributed by atoms with Gasteiger partial charge in [0, 0.05) is 19.8 Å². The predicted octanol–water partition coefficient (Wildman–Crippen LogP) is 1.64. The zero-order chi connectivity index (χ0) is 12.1. The fourth-order valence-electron chi connectivity index (χ4n) is 3.11. The van der Waals surface area contributed by atoms with Crippen LogP contribution < -0.4 is 10.6 Å². The van der Waals surface area contributed by atoms with E-state index in [0.717, 1.165) is 31.6 Å². The molecule has 0 saturated carbocycles. The zero-order valence-corrected chi connectivity index (χ0v) is 11.4. The summed E-state index contributed by atoms with van der Waals surface area (Å²) in [5.41, 5.74) is 0.413. The van der Waals surface area contributed by atoms with E-state index in [0.29, 0.717) is 5.41 Å². The van der Waals surface area contributed by atoms with Crippen molar-refractivity contribution in [3.63, 3.8) is 0 Å². The van der Waals surface area contributed by atoms with Gasteiger partial charge in [-0.3, -0.25) is 0 Å². The monoisotopic (exact) mass is 240 g/mol. The second-order valence-corrected chi connectivity index (χ2v) is 6.36. The maximum Gasteiger partial charge on any atom is 0.0468 e. The minimum atomic E-state index is 0.413. The lowest BCUT2D eigenvalue weighted by atomic mass is 9.74. The molecule has 1 unspecified atom stereocenters. The van der Waals surface area contributed by atoms with E-state index >= 15 is 0 Å². The Balaban J connectivity index is 1.68. The Morgan fingerprint density at radius 2 is 2.00 bits per heavy atom. The van der Waals surface area contributed by atoms with Gasteiger partial charge in [-0.2, -0.15) is 0 Å². The third-order valence-corrected chi connectivity index (χ3v) is 4.50. The first-order chi connectivity index (χ1) is 8.18. The van der Waals surface area contributed by atoms with E-state index in [-0.39, 0.29) is 0 Å². The molecular formula is C14H28N2O. The van der Waals surface area contributed by atoms with Crippen molar-refractivity contribution in [1.82, 2.24) is 10.6 Å². The summed E-state index contributed by atoms with van der Waals surface area (Å²) in [6, 6.07) is 0. The van der Waals surface area contributed by atoms with Crippen LogP contribution in [0.15, 0.2) is 0 Å². The summed E-state index contributed by atoms with van der Waals surface area (Å²) in [7, 11) is 0. The predicted molar refractivity (Wildman–Crippen MR) is 71.2 cm³/mol. The number of rotatable bonds is 5. The maximum atomic E-state index is 5.45. The van der Waals surface area contributed by atoms with Crippen molar-refractivity contribution in [2.75, 3.05) is 39.4 Å². The van der Waals surface area contributed by atoms with Crippen LogP contribution in [0.2, 0.25) is 0 Å². The molecule has 2 rings (SSSR count). The molecule has 0 aliphatic carbocycles. The molecular weight excluding hydrogens is 212 g/mol. The minimum absolute atomic E-state index is 0.413. The van der Waals surface area contributed by atoms with Crippen LogP contribution in [0, 0.1) is 17.3 Å². The normalized spacial score (nSPS) is 27.5. The van der Waals surface area contributed by atoms with E-state index in [1.54, 1.807) is 0 Å². The van der Waals surface area contributed by atoms with E-state index < -0.39 is 0 Å². The Hall–Kier alpha value is -0.120. The lowest BCUT2D eigenvalue weighted by Gasteiger charge is -2.37. The molecule has 100 valence electrons. The number of hydrogen-bond acceptors (Lipinski definition) is 3. The molecule has 0 aromatic rings. The Labute approximate surface area is 106 Å². The average Bonchev–Trinajstić information content (AvgIpc) is 2.83. The van der Waals surface area contributed by atoms with E-state index in [1.165, 1.54) is 38.9 Å². The summed E-state index contributed by atoms with van der Waals surface area (Å²) in [5, 5.41) is 7.11. The van der Waals surface area contributed by atoms with Gasteiger partial charge in [0.1, 0.15) is 0 Å². The smallest absolute Gasteiger partial charge is 0.0468 e. The van der Waals surface area contributed by atoms with Crippen molar-refractivity contribution in [3.8, 4) is 0 Å². The lowest BCUT2D eigenvalue weighted by Crippen LogP contribution is -2.40. The first kappa shape index (κ1) is 13.3. The summed E-state index contributed by atoms with van der Waals surface area (Å²) in [5.74, 6) is 1.67. The Morgan fingerprint density at radius 3 is 2.65 bits per heavy atom. The van der Waals surface area contributed by atoms with Gasteiger partial charge in [-0.25, -0.2) is 0 Å². The first-order valence-corrected chi connectivity index (χ1v) is 7.18. The van der Waals surface area contributed by atoms with Crippen molar-refractivity contribution < 1.29 is 4.74 Å². The van der Waals surface area contributed by atoms with Crippen LogP contribution in [0.5, 0.6) is 0 Å². The van der Waals surface area contributed by atoms with Gasteiger partial charge in [0.05, 0.1) is 0 Å². The summed E-state index contributed by atoms with van der Waals surface area (Å²) in [4.78, 5) is 0. The van der Waals surface area contributed by atoms with E-state index in [9.17, 15) is 0 Å². The quantitative estimate of drug-likeness (QED) is 0.766. The highest BCUT2D eigenvalue weighted by Crippen LogP contribution is 2.33. The molecule has 0 bridgehead atoms. The third kappa shape index (κ3) is 3.94. The van der Waals surface area contributed by atoms with E-state index in [2.05, 4.69) is 24.5 Å². The van der Waals surface area contributed by atoms with Crippen LogP contribution in [0.3, 0.4) is 0 Å². The Bertz CT molecular complexity index is 218. The number of hydrogen-bond donors (Lipinski definition) is 2. The molecule has 2 saturated heterocycles. The van der Waals surface area contributed by atoms with Crippen LogP contribution in [0.4, 0.5) is 0 Å². The maximum absolute atomic E-state index is 5.45. The molecule has 1 atom stereocenters. The van der Waals surface area contributed by atoms with Crippen LogP contribution in [-0.4, -0.2) is 39.4 Å². The summed E-state index contributed by atoms with van der Waals surface area (Å²) >= 11 is 0. The molecule has 3 heteroatoms. The number of nitrogens with one attached hydrogen (secondary N) is 2. The fourth-order valence-corrected chi connectivity index (χ4v) is 3.11. The zero-order valence-electron chi connectivity index (χ0n) is 11.4. The molecule has 2 N–H and O–H groups in total. The molecule has 0 spiro atoms. The highest BCUT2D eigenvalue weighted by atomic mass is 16.5. The van der Waals surface area contributed by atoms with Crippen molar-refractivity contribution in [2.45, 2.75) is 33.1 Å². The van der Waals surface area contributed by atoms with E-state index in [1.807, 2.05) is 0 Å². The molecule has 0 aromatic carbocycles. The first-order valence-electron chi connectivity index (χ1n) is 7.18. The van der Waals surface area contributed by atoms with Gasteiger partial charge in [-0.15, -0.1) is 0 Å². The Morgan fingerprint density at radius 1 is 1.24 bits per heavy atom. The molecule has 0 aromatic heterocycles. The standard InChI is InChI=1S/C14H28N2O/c1-14(2,13-4-7-17-8-5-13)11-16-10-12-3-6-15-9-12/h12-13,15-16H,3-11H2,1-2H3. The lowest BCUT2D eigenvalue weighted by molar-refractivity contribution is 0.0226. The molecule has 2 aliphatic heterocycles. The second kappa shape index (κ2) is 6.17. The van der Waals surface area contributed by atoms with Gasteiger partial charge >= 0.3 is 0 Å². The van der Waals surface area contributed by atoms with Crippen LogP contribution >= 0.6 is 0 Å². The summed E-state index contributed by atoms with van der Waals surface area (Å²) in [6.45, 7) is 11.5. The van der Waals surface area contributed by atoms with Crippen LogP contribution in [0.1, 0.15) is 33.1 Å². The van der Waals surface area contributed by atoms with Gasteiger partial charge in [0.2, 0.25) is 0 Å². The van der Waals surface area contributed by atoms with Gasteiger partial charge in [0.25, 0.3) is 0 Å². The van der Waals surface area contributed by atoms with E-state index in [4.69, 9.17) is 4.74 Å². The third-order valence-electron chi connectivity index (χ3n) is 4.50. The molecule has 2 fully saturated rings. The summed E-state index contributed by atoms with van der Waals surface area (Å²) < 4.78 is 5.45. The van der Waals surface area contributed by atoms with Gasteiger partial charge < -0.3 is 15.4 Å².